The average Bonchev–Trinajstić information content (AvgIpc) is 2.67. The zero-order chi connectivity index (χ0) is 11.4. The van der Waals surface area contributed by atoms with Crippen molar-refractivity contribution in [3.8, 4) is 5.75 Å². The molecule has 0 fully saturated rings. The molecule has 0 bridgehead atoms. The van der Waals surface area contributed by atoms with E-state index in [0.29, 0.717) is 6.54 Å². The first-order valence-electron chi connectivity index (χ1n) is 5.06. The Balaban J connectivity index is 1.82. The Hall–Kier alpha value is -1.88. The predicted octanol–water partition coefficient (Wildman–Crippen LogP) is 0.810. The van der Waals surface area contributed by atoms with Gasteiger partial charge in [-0.05, 0) is 12.1 Å². The van der Waals surface area contributed by atoms with Gasteiger partial charge in [-0.25, -0.2) is 0 Å². The van der Waals surface area contributed by atoms with Crippen molar-refractivity contribution in [2.24, 2.45) is 7.05 Å². The fraction of sp³-hybridized carbons (Fsp3) is 0.273. The van der Waals surface area contributed by atoms with Crippen LogP contribution in [0.1, 0.15) is 11.3 Å². The summed E-state index contributed by atoms with van der Waals surface area (Å²) < 4.78 is 1.77. The lowest BCUT2D eigenvalue weighted by Gasteiger charge is -2.02. The number of nitrogens with zero attached hydrogens (tertiary/aromatic N) is 3. The summed E-state index contributed by atoms with van der Waals surface area (Å²) in [5.41, 5.74) is 2.04. The van der Waals surface area contributed by atoms with Crippen LogP contribution in [-0.2, 0) is 20.1 Å². The molecule has 0 saturated carbocycles. The molecule has 2 aromatic heterocycles. The van der Waals surface area contributed by atoms with E-state index < -0.39 is 0 Å². The van der Waals surface area contributed by atoms with E-state index in [1.807, 2.05) is 19.4 Å². The Bertz CT molecular complexity index is 449. The first-order chi connectivity index (χ1) is 7.74. The second kappa shape index (κ2) is 4.76. The van der Waals surface area contributed by atoms with Gasteiger partial charge >= 0.3 is 0 Å². The minimum absolute atomic E-state index is 0.191. The van der Waals surface area contributed by atoms with E-state index in [1.165, 1.54) is 6.20 Å². The lowest BCUT2D eigenvalue weighted by Crippen LogP contribution is -2.13. The molecule has 2 heterocycles. The topological polar surface area (TPSA) is 63.0 Å². The molecule has 5 nitrogen and oxygen atoms in total. The Labute approximate surface area is 93.8 Å². The van der Waals surface area contributed by atoms with Crippen LogP contribution in [-0.4, -0.2) is 19.9 Å². The van der Waals surface area contributed by atoms with E-state index in [9.17, 15) is 0 Å². The molecule has 2 aromatic rings. The van der Waals surface area contributed by atoms with E-state index in [2.05, 4.69) is 15.4 Å². The van der Waals surface area contributed by atoms with E-state index in [0.717, 1.165) is 17.8 Å². The number of aryl methyl sites for hydroxylation is 1. The van der Waals surface area contributed by atoms with Crippen molar-refractivity contribution in [1.82, 2.24) is 20.1 Å². The number of hydrogen-bond donors (Lipinski definition) is 2. The molecule has 0 unspecified atom stereocenters. The number of hydrogen-bond acceptors (Lipinski definition) is 4. The van der Waals surface area contributed by atoms with Crippen LogP contribution in [0.3, 0.4) is 0 Å². The van der Waals surface area contributed by atoms with E-state index in [4.69, 9.17) is 5.11 Å². The quantitative estimate of drug-likeness (QED) is 0.797. The molecule has 84 valence electrons. The number of nitrogens with one attached hydrogen (secondary N) is 1. The van der Waals surface area contributed by atoms with Gasteiger partial charge in [0.05, 0.1) is 18.1 Å². The third-order valence-electron chi connectivity index (χ3n) is 2.20. The van der Waals surface area contributed by atoms with Gasteiger partial charge in [0, 0.05) is 31.9 Å². The minimum atomic E-state index is 0.191. The van der Waals surface area contributed by atoms with E-state index in [-0.39, 0.29) is 5.75 Å². The van der Waals surface area contributed by atoms with Gasteiger partial charge in [0.1, 0.15) is 5.75 Å². The highest BCUT2D eigenvalue weighted by molar-refractivity contribution is 5.17. The molecule has 2 N–H and O–H groups in total. The van der Waals surface area contributed by atoms with Crippen LogP contribution in [0.25, 0.3) is 0 Å². The van der Waals surface area contributed by atoms with Crippen molar-refractivity contribution in [3.05, 3.63) is 42.0 Å². The number of pyridine rings is 1. The van der Waals surface area contributed by atoms with Crippen molar-refractivity contribution in [2.45, 2.75) is 13.1 Å². The molecule has 16 heavy (non-hydrogen) atoms. The van der Waals surface area contributed by atoms with E-state index in [1.54, 1.807) is 16.8 Å². The van der Waals surface area contributed by atoms with Crippen LogP contribution in [0.4, 0.5) is 0 Å². The smallest absolute Gasteiger partial charge is 0.133 e. The van der Waals surface area contributed by atoms with Crippen molar-refractivity contribution >= 4 is 0 Å². The third-order valence-corrected chi connectivity index (χ3v) is 2.20. The van der Waals surface area contributed by atoms with Crippen molar-refractivity contribution in [2.75, 3.05) is 0 Å². The maximum atomic E-state index is 9.07. The van der Waals surface area contributed by atoms with E-state index >= 15 is 0 Å². The summed E-state index contributed by atoms with van der Waals surface area (Å²) in [7, 11) is 1.89. The number of rotatable bonds is 4. The standard InChI is InChI=1S/C11H14N4O/c1-15-8-9(5-14-15)4-12-6-10-2-3-11(16)7-13-10/h2-3,5,7-8,12,16H,4,6H2,1H3. The Morgan fingerprint density at radius 2 is 2.19 bits per heavy atom. The molecular weight excluding hydrogens is 204 g/mol. The SMILES string of the molecule is Cn1cc(CNCc2ccc(O)cn2)cn1. The van der Waals surface area contributed by atoms with Gasteiger partial charge in [-0.3, -0.25) is 9.67 Å². The molecule has 0 saturated heterocycles. The van der Waals surface area contributed by atoms with Crippen LogP contribution < -0.4 is 5.32 Å². The van der Waals surface area contributed by atoms with Gasteiger partial charge in [0.15, 0.2) is 0 Å². The second-order valence-electron chi connectivity index (χ2n) is 3.63. The monoisotopic (exact) mass is 218 g/mol. The van der Waals surface area contributed by atoms with Crippen LogP contribution in [0.2, 0.25) is 0 Å². The molecule has 0 aromatic carbocycles. The van der Waals surface area contributed by atoms with Gasteiger partial charge in [0.25, 0.3) is 0 Å². The molecule has 0 aliphatic rings. The largest absolute Gasteiger partial charge is 0.506 e. The van der Waals surface area contributed by atoms with Crippen LogP contribution in [0.5, 0.6) is 5.75 Å². The average molecular weight is 218 g/mol. The van der Waals surface area contributed by atoms with Gasteiger partial charge < -0.3 is 10.4 Å². The van der Waals surface area contributed by atoms with Crippen molar-refractivity contribution < 1.29 is 5.11 Å². The van der Waals surface area contributed by atoms with Crippen LogP contribution in [0, 0.1) is 0 Å². The molecule has 0 spiro atoms. The number of aromatic hydroxyl groups is 1. The predicted molar refractivity (Wildman–Crippen MR) is 59.7 cm³/mol. The first kappa shape index (κ1) is 10.6. The Morgan fingerprint density at radius 3 is 2.81 bits per heavy atom. The molecular formula is C11H14N4O. The summed E-state index contributed by atoms with van der Waals surface area (Å²) in [4.78, 5) is 4.08. The lowest BCUT2D eigenvalue weighted by molar-refractivity contribution is 0.471. The molecule has 0 atom stereocenters. The fourth-order valence-corrected chi connectivity index (χ4v) is 1.42. The maximum absolute atomic E-state index is 9.07. The normalized spacial score (nSPS) is 10.6. The zero-order valence-corrected chi connectivity index (χ0v) is 9.09. The highest BCUT2D eigenvalue weighted by atomic mass is 16.3. The maximum Gasteiger partial charge on any atom is 0.133 e. The van der Waals surface area contributed by atoms with Crippen LogP contribution >= 0.6 is 0 Å². The zero-order valence-electron chi connectivity index (χ0n) is 9.09. The van der Waals surface area contributed by atoms with Gasteiger partial charge in [-0.15, -0.1) is 0 Å². The highest BCUT2D eigenvalue weighted by Crippen LogP contribution is 2.05. The van der Waals surface area contributed by atoms with Crippen LogP contribution in [0.15, 0.2) is 30.7 Å². The minimum Gasteiger partial charge on any atom is -0.506 e. The first-order valence-corrected chi connectivity index (χ1v) is 5.06. The third kappa shape index (κ3) is 2.80. The summed E-state index contributed by atoms with van der Waals surface area (Å²) in [6.07, 6.45) is 5.25. The molecule has 0 radical (unpaired) electrons. The van der Waals surface area contributed by atoms with Gasteiger partial charge in [-0.1, -0.05) is 0 Å². The summed E-state index contributed by atoms with van der Waals surface area (Å²) >= 11 is 0. The number of aromatic nitrogens is 3. The molecule has 5 heteroatoms. The van der Waals surface area contributed by atoms with Crippen molar-refractivity contribution in [1.29, 1.82) is 0 Å². The molecule has 0 aliphatic heterocycles. The fourth-order valence-electron chi connectivity index (χ4n) is 1.42. The molecule has 0 aliphatic carbocycles. The molecule has 2 rings (SSSR count). The Kier molecular flexibility index (Phi) is 3.16. The summed E-state index contributed by atoms with van der Waals surface area (Å²) in [5, 5.41) is 16.4. The lowest BCUT2D eigenvalue weighted by atomic mass is 10.3. The van der Waals surface area contributed by atoms with Gasteiger partial charge in [0.2, 0.25) is 0 Å². The summed E-state index contributed by atoms with van der Waals surface area (Å²) in [6, 6.07) is 3.43. The van der Waals surface area contributed by atoms with Crippen molar-refractivity contribution in [3.63, 3.8) is 0 Å². The van der Waals surface area contributed by atoms with Gasteiger partial charge in [-0.2, -0.15) is 5.10 Å². The highest BCUT2D eigenvalue weighted by Gasteiger charge is 1.97. The second-order valence-corrected chi connectivity index (χ2v) is 3.63. The Morgan fingerprint density at radius 1 is 1.31 bits per heavy atom. The summed E-state index contributed by atoms with van der Waals surface area (Å²) in [5.74, 6) is 0.191. The molecule has 0 amide bonds. The summed E-state index contributed by atoms with van der Waals surface area (Å²) in [6.45, 7) is 1.44.